The highest BCUT2D eigenvalue weighted by molar-refractivity contribution is 5.99. The number of hydrogen-bond donors (Lipinski definition) is 0. The molecule has 2 heterocycles. The van der Waals surface area contributed by atoms with Crippen molar-refractivity contribution in [3.05, 3.63) is 116 Å². The molecule has 0 fully saturated rings. The van der Waals surface area contributed by atoms with Crippen LogP contribution in [0.1, 0.15) is 75.3 Å². The average Bonchev–Trinajstić information content (AvgIpc) is 3.08. The molecule has 1 aromatic heterocycles. The van der Waals surface area contributed by atoms with E-state index in [0.29, 0.717) is 29.0 Å². The van der Waals surface area contributed by atoms with Gasteiger partial charge in [0.05, 0.1) is 17.0 Å². The Balaban J connectivity index is 1.72. The Kier molecular flexibility index (Phi) is 5.40. The molecule has 0 aliphatic carbocycles. The molecular formula is C30H29NO3. The van der Waals surface area contributed by atoms with Gasteiger partial charge in [-0.1, -0.05) is 74.0 Å². The highest BCUT2D eigenvalue weighted by Crippen LogP contribution is 2.40. The van der Waals surface area contributed by atoms with Gasteiger partial charge in [-0.2, -0.15) is 0 Å². The smallest absolute Gasteiger partial charge is 0.291 e. The topological polar surface area (TPSA) is 50.5 Å². The van der Waals surface area contributed by atoms with Crippen molar-refractivity contribution in [2.75, 3.05) is 0 Å². The summed E-state index contributed by atoms with van der Waals surface area (Å²) in [4.78, 5) is 29.3. The van der Waals surface area contributed by atoms with E-state index in [1.807, 2.05) is 69.3 Å². The van der Waals surface area contributed by atoms with Gasteiger partial charge in [-0.3, -0.25) is 9.59 Å². The summed E-state index contributed by atoms with van der Waals surface area (Å²) in [6, 6.07) is 19.7. The first-order valence-electron chi connectivity index (χ1n) is 11.8. The van der Waals surface area contributed by atoms with Gasteiger partial charge in [0.15, 0.2) is 5.43 Å². The molecule has 0 saturated heterocycles. The van der Waals surface area contributed by atoms with E-state index in [1.165, 1.54) is 5.56 Å². The van der Waals surface area contributed by atoms with Crippen LogP contribution < -0.4 is 5.43 Å². The first-order valence-corrected chi connectivity index (χ1v) is 11.8. The summed E-state index contributed by atoms with van der Waals surface area (Å²) in [5.74, 6) is 0.317. The van der Waals surface area contributed by atoms with Gasteiger partial charge in [-0.05, 0) is 60.6 Å². The highest BCUT2D eigenvalue weighted by atomic mass is 16.3. The lowest BCUT2D eigenvalue weighted by Crippen LogP contribution is -2.29. The third kappa shape index (κ3) is 3.63. The Morgan fingerprint density at radius 1 is 0.882 bits per heavy atom. The number of carbonyl (C=O) groups excluding carboxylic acids is 1. The van der Waals surface area contributed by atoms with Crippen LogP contribution in [0.15, 0.2) is 69.9 Å². The number of benzene rings is 3. The fourth-order valence-electron chi connectivity index (χ4n) is 4.94. The second-order valence-electron chi connectivity index (χ2n) is 9.78. The van der Waals surface area contributed by atoms with E-state index in [9.17, 15) is 9.59 Å². The van der Waals surface area contributed by atoms with Crippen LogP contribution in [0.25, 0.3) is 11.0 Å². The fourth-order valence-corrected chi connectivity index (χ4v) is 4.94. The molecule has 0 saturated carbocycles. The van der Waals surface area contributed by atoms with E-state index in [2.05, 4.69) is 26.0 Å². The van der Waals surface area contributed by atoms with Gasteiger partial charge in [-0.25, -0.2) is 0 Å². The molecule has 1 unspecified atom stereocenters. The SMILES string of the molecule is Cc1ccc(CN2C(=O)c3oc4c(C)cc(C)cc4c(=O)c3C2c2ccc(C(C)C)cc2)cc1. The van der Waals surface area contributed by atoms with Crippen LogP contribution in [-0.4, -0.2) is 10.8 Å². The first-order chi connectivity index (χ1) is 16.2. The summed E-state index contributed by atoms with van der Waals surface area (Å²) < 4.78 is 6.19. The van der Waals surface area contributed by atoms with Crippen LogP contribution in [0, 0.1) is 20.8 Å². The Labute approximate surface area is 199 Å². The predicted molar refractivity (Wildman–Crippen MR) is 135 cm³/mol. The number of nitrogens with zero attached hydrogens (tertiary/aromatic N) is 1. The van der Waals surface area contributed by atoms with Crippen molar-refractivity contribution >= 4 is 16.9 Å². The lowest BCUT2D eigenvalue weighted by molar-refractivity contribution is 0.0714. The van der Waals surface area contributed by atoms with Crippen LogP contribution >= 0.6 is 0 Å². The molecule has 5 rings (SSSR count). The zero-order chi connectivity index (χ0) is 24.1. The van der Waals surface area contributed by atoms with Crippen molar-refractivity contribution in [1.29, 1.82) is 0 Å². The maximum Gasteiger partial charge on any atom is 0.291 e. The van der Waals surface area contributed by atoms with Gasteiger partial charge in [0.2, 0.25) is 5.76 Å². The summed E-state index contributed by atoms with van der Waals surface area (Å²) in [5.41, 5.74) is 6.97. The van der Waals surface area contributed by atoms with Gasteiger partial charge in [0, 0.05) is 6.54 Å². The molecule has 0 radical (unpaired) electrons. The normalized spacial score (nSPS) is 15.4. The van der Waals surface area contributed by atoms with Crippen molar-refractivity contribution in [2.45, 2.75) is 53.1 Å². The quantitative estimate of drug-likeness (QED) is 0.352. The van der Waals surface area contributed by atoms with Crippen LogP contribution in [-0.2, 0) is 6.54 Å². The number of rotatable bonds is 4. The van der Waals surface area contributed by atoms with E-state index < -0.39 is 6.04 Å². The third-order valence-electron chi connectivity index (χ3n) is 6.79. The molecule has 4 nitrogen and oxygen atoms in total. The monoisotopic (exact) mass is 451 g/mol. The van der Waals surface area contributed by atoms with E-state index in [4.69, 9.17) is 4.42 Å². The molecule has 172 valence electrons. The Morgan fingerprint density at radius 2 is 1.56 bits per heavy atom. The fraction of sp³-hybridized carbons (Fsp3) is 0.267. The maximum absolute atomic E-state index is 13.8. The molecule has 4 heteroatoms. The van der Waals surface area contributed by atoms with E-state index in [0.717, 1.165) is 27.8 Å². The summed E-state index contributed by atoms with van der Waals surface area (Å²) in [6.45, 7) is 10.6. The lowest BCUT2D eigenvalue weighted by atomic mass is 9.94. The molecule has 0 spiro atoms. The van der Waals surface area contributed by atoms with Gasteiger partial charge < -0.3 is 9.32 Å². The number of aryl methyl sites for hydroxylation is 3. The van der Waals surface area contributed by atoms with E-state index in [1.54, 1.807) is 4.90 Å². The minimum absolute atomic E-state index is 0.124. The highest BCUT2D eigenvalue weighted by Gasteiger charge is 2.42. The molecule has 1 atom stereocenters. The molecule has 4 aromatic rings. The van der Waals surface area contributed by atoms with Crippen LogP contribution in [0.5, 0.6) is 0 Å². The van der Waals surface area contributed by atoms with Gasteiger partial charge in [0.1, 0.15) is 5.58 Å². The molecule has 0 N–H and O–H groups in total. The Morgan fingerprint density at radius 3 is 2.21 bits per heavy atom. The van der Waals surface area contributed by atoms with Crippen LogP contribution in [0.3, 0.4) is 0 Å². The minimum atomic E-state index is -0.494. The van der Waals surface area contributed by atoms with Crippen molar-refractivity contribution in [2.24, 2.45) is 0 Å². The summed E-state index contributed by atoms with van der Waals surface area (Å²) in [5, 5.41) is 0.532. The molecule has 1 aliphatic rings. The second-order valence-corrected chi connectivity index (χ2v) is 9.78. The second kappa shape index (κ2) is 8.28. The van der Waals surface area contributed by atoms with Crippen molar-refractivity contribution in [3.63, 3.8) is 0 Å². The lowest BCUT2D eigenvalue weighted by Gasteiger charge is -2.25. The van der Waals surface area contributed by atoms with E-state index >= 15 is 0 Å². The predicted octanol–water partition coefficient (Wildman–Crippen LogP) is 6.59. The molecule has 0 bridgehead atoms. The average molecular weight is 452 g/mol. The number of hydrogen-bond acceptors (Lipinski definition) is 3. The maximum atomic E-state index is 13.8. The number of fused-ring (bicyclic) bond motifs is 2. The van der Waals surface area contributed by atoms with Gasteiger partial charge >= 0.3 is 0 Å². The molecule has 1 amide bonds. The molecule has 1 aliphatic heterocycles. The number of carbonyl (C=O) groups is 1. The Bertz CT molecular complexity index is 1460. The number of amides is 1. The molecule has 3 aromatic carbocycles. The van der Waals surface area contributed by atoms with Crippen molar-refractivity contribution < 1.29 is 9.21 Å². The first kappa shape index (κ1) is 22.1. The van der Waals surface area contributed by atoms with Crippen LogP contribution in [0.2, 0.25) is 0 Å². The van der Waals surface area contributed by atoms with Crippen LogP contribution in [0.4, 0.5) is 0 Å². The molecular weight excluding hydrogens is 422 g/mol. The van der Waals surface area contributed by atoms with Crippen molar-refractivity contribution in [1.82, 2.24) is 4.90 Å². The van der Waals surface area contributed by atoms with Gasteiger partial charge in [0.25, 0.3) is 5.91 Å². The zero-order valence-electron chi connectivity index (χ0n) is 20.3. The largest absolute Gasteiger partial charge is 0.450 e. The standard InChI is InChI=1S/C30H29NO3/c1-17(2)22-10-12-23(13-11-22)26-25-27(32)24-15-19(4)14-20(5)28(24)34-29(25)30(33)31(26)16-21-8-6-18(3)7-9-21/h6-15,17,26H,16H2,1-5H3. The van der Waals surface area contributed by atoms with Crippen molar-refractivity contribution in [3.8, 4) is 0 Å². The summed E-state index contributed by atoms with van der Waals surface area (Å²) in [7, 11) is 0. The third-order valence-corrected chi connectivity index (χ3v) is 6.79. The van der Waals surface area contributed by atoms with E-state index in [-0.39, 0.29) is 17.1 Å². The summed E-state index contributed by atoms with van der Waals surface area (Å²) in [6.07, 6.45) is 0. The minimum Gasteiger partial charge on any atom is -0.450 e. The Hall–Kier alpha value is -3.66. The molecule has 34 heavy (non-hydrogen) atoms. The summed E-state index contributed by atoms with van der Waals surface area (Å²) >= 11 is 0. The van der Waals surface area contributed by atoms with Gasteiger partial charge in [-0.15, -0.1) is 0 Å². The zero-order valence-corrected chi connectivity index (χ0v) is 20.3.